The zero-order chi connectivity index (χ0) is 13.9. The summed E-state index contributed by atoms with van der Waals surface area (Å²) in [5, 5.41) is 0. The van der Waals surface area contributed by atoms with E-state index < -0.39 is 0 Å². The summed E-state index contributed by atoms with van der Waals surface area (Å²) in [6, 6.07) is 0. The molecule has 2 saturated carbocycles. The van der Waals surface area contributed by atoms with Gasteiger partial charge in [-0.3, -0.25) is 4.79 Å². The van der Waals surface area contributed by atoms with Crippen molar-refractivity contribution in [3.8, 4) is 0 Å². The molecule has 2 bridgehead atoms. The molecule has 2 fully saturated rings. The van der Waals surface area contributed by atoms with Crippen molar-refractivity contribution in [3.05, 3.63) is 12.2 Å². The van der Waals surface area contributed by atoms with Crippen LogP contribution in [-0.2, 0) is 14.3 Å². The van der Waals surface area contributed by atoms with Crippen LogP contribution in [0.15, 0.2) is 12.2 Å². The van der Waals surface area contributed by atoms with Crippen LogP contribution < -0.4 is 0 Å². The number of carbonyl (C=O) groups is 1. The summed E-state index contributed by atoms with van der Waals surface area (Å²) in [5.41, 5.74) is 0. The van der Waals surface area contributed by atoms with Crippen molar-refractivity contribution in [1.29, 1.82) is 0 Å². The van der Waals surface area contributed by atoms with Crippen molar-refractivity contribution in [3.63, 3.8) is 0 Å². The molecule has 3 heteroatoms. The van der Waals surface area contributed by atoms with Gasteiger partial charge in [-0.05, 0) is 37.5 Å². The van der Waals surface area contributed by atoms with Crippen LogP contribution in [0.1, 0.15) is 58.3 Å². The molecule has 0 aliphatic heterocycles. The molecule has 0 amide bonds. The van der Waals surface area contributed by atoms with Crippen LogP contribution in [0.2, 0.25) is 0 Å². The van der Waals surface area contributed by atoms with Gasteiger partial charge >= 0.3 is 5.97 Å². The van der Waals surface area contributed by atoms with Gasteiger partial charge in [-0.2, -0.15) is 0 Å². The van der Waals surface area contributed by atoms with Crippen LogP contribution >= 0.6 is 0 Å². The quantitative estimate of drug-likeness (QED) is 0.435. The zero-order valence-corrected chi connectivity index (χ0v) is 12.4. The second-order valence-electron chi connectivity index (χ2n) is 6.56. The molecule has 3 aliphatic rings. The molecule has 0 spiro atoms. The first-order chi connectivity index (χ1) is 9.76. The van der Waals surface area contributed by atoms with E-state index in [9.17, 15) is 4.79 Å². The highest BCUT2D eigenvalue weighted by Crippen LogP contribution is 2.44. The summed E-state index contributed by atoms with van der Waals surface area (Å²) in [5.74, 6) is 1.06. The molecule has 0 saturated heterocycles. The Kier molecular flexibility index (Phi) is 4.45. The molecule has 20 heavy (non-hydrogen) atoms. The molecule has 0 heterocycles. The Balaban J connectivity index is 1.49. The maximum atomic E-state index is 12.3. The van der Waals surface area contributed by atoms with Gasteiger partial charge in [-0.15, -0.1) is 0 Å². The fraction of sp³-hybridized carbons (Fsp3) is 0.824. The molecule has 0 radical (unpaired) electrons. The van der Waals surface area contributed by atoms with Crippen molar-refractivity contribution >= 4 is 5.97 Å². The van der Waals surface area contributed by atoms with E-state index in [0.717, 1.165) is 32.1 Å². The number of carbonyl (C=O) groups excluding carboxylic acids is 1. The van der Waals surface area contributed by atoms with Gasteiger partial charge in [0, 0.05) is 6.42 Å². The summed E-state index contributed by atoms with van der Waals surface area (Å²) >= 11 is 0. The Hall–Kier alpha value is -0.830. The molecule has 3 rings (SSSR count). The predicted octanol–water partition coefficient (Wildman–Crippen LogP) is 3.83. The monoisotopic (exact) mass is 278 g/mol. The second kappa shape index (κ2) is 6.30. The lowest BCUT2D eigenvalue weighted by Crippen LogP contribution is -2.31. The number of ether oxygens (including phenoxy) is 2. The van der Waals surface area contributed by atoms with Crippen LogP contribution in [0.4, 0.5) is 0 Å². The van der Waals surface area contributed by atoms with E-state index in [0.29, 0.717) is 17.9 Å². The van der Waals surface area contributed by atoms with Gasteiger partial charge in [0.25, 0.3) is 0 Å². The lowest BCUT2D eigenvalue weighted by molar-refractivity contribution is -0.198. The number of rotatable bonds is 5. The molecular formula is C17H26O3. The van der Waals surface area contributed by atoms with Gasteiger partial charge in [-0.25, -0.2) is 0 Å². The van der Waals surface area contributed by atoms with Crippen molar-refractivity contribution in [1.82, 2.24) is 0 Å². The summed E-state index contributed by atoms with van der Waals surface area (Å²) in [4.78, 5) is 12.3. The molecule has 3 aliphatic carbocycles. The van der Waals surface area contributed by atoms with E-state index in [-0.39, 0.29) is 18.2 Å². The van der Waals surface area contributed by atoms with E-state index in [1.807, 2.05) is 6.92 Å². The highest BCUT2D eigenvalue weighted by molar-refractivity contribution is 5.74. The standard InChI is InChI=1S/C17H26O3/c1-2-16(19-14-6-4-3-5-7-14)20-17(18)15-11-12-8-9-13(15)10-12/h8-9,12-16H,2-7,10-11H2,1H3. The topological polar surface area (TPSA) is 35.5 Å². The number of allylic oxidation sites excluding steroid dienone is 2. The minimum atomic E-state index is -0.339. The van der Waals surface area contributed by atoms with Crippen molar-refractivity contribution < 1.29 is 14.3 Å². The van der Waals surface area contributed by atoms with E-state index in [4.69, 9.17) is 9.47 Å². The Labute approximate surface area is 121 Å². The predicted molar refractivity (Wildman–Crippen MR) is 77.0 cm³/mol. The molecule has 4 atom stereocenters. The van der Waals surface area contributed by atoms with Gasteiger partial charge in [0.05, 0.1) is 12.0 Å². The van der Waals surface area contributed by atoms with Crippen LogP contribution in [0.5, 0.6) is 0 Å². The fourth-order valence-electron chi connectivity index (χ4n) is 3.89. The Bertz CT molecular complexity index is 370. The summed E-state index contributed by atoms with van der Waals surface area (Å²) in [6.07, 6.45) is 13.3. The molecule has 0 aromatic carbocycles. The van der Waals surface area contributed by atoms with E-state index in [2.05, 4.69) is 12.2 Å². The molecule has 4 unspecified atom stereocenters. The average Bonchev–Trinajstić information content (AvgIpc) is 3.10. The third kappa shape index (κ3) is 3.08. The molecule has 112 valence electrons. The Morgan fingerprint density at radius 3 is 2.60 bits per heavy atom. The molecule has 0 N–H and O–H groups in total. The third-order valence-corrected chi connectivity index (χ3v) is 5.06. The smallest absolute Gasteiger partial charge is 0.311 e. The molecule has 3 nitrogen and oxygen atoms in total. The Morgan fingerprint density at radius 1 is 1.20 bits per heavy atom. The van der Waals surface area contributed by atoms with Crippen molar-refractivity contribution in [2.45, 2.75) is 70.7 Å². The SMILES string of the molecule is CCC(OC(=O)C1CC2C=CC1C2)OC1CCCCC1. The highest BCUT2D eigenvalue weighted by atomic mass is 16.7. The van der Waals surface area contributed by atoms with E-state index >= 15 is 0 Å². The van der Waals surface area contributed by atoms with Crippen LogP contribution in [-0.4, -0.2) is 18.4 Å². The number of hydrogen-bond donors (Lipinski definition) is 0. The minimum Gasteiger partial charge on any atom is -0.436 e. The van der Waals surface area contributed by atoms with Gasteiger partial charge in [-0.1, -0.05) is 38.3 Å². The first-order valence-electron chi connectivity index (χ1n) is 8.30. The number of hydrogen-bond acceptors (Lipinski definition) is 3. The molecular weight excluding hydrogens is 252 g/mol. The molecule has 0 aromatic rings. The number of fused-ring (bicyclic) bond motifs is 2. The van der Waals surface area contributed by atoms with Crippen LogP contribution in [0.3, 0.4) is 0 Å². The fourth-order valence-corrected chi connectivity index (χ4v) is 3.89. The average molecular weight is 278 g/mol. The lowest BCUT2D eigenvalue weighted by Gasteiger charge is -2.28. The van der Waals surface area contributed by atoms with E-state index in [1.54, 1.807) is 0 Å². The summed E-state index contributed by atoms with van der Waals surface area (Å²) in [7, 11) is 0. The van der Waals surface area contributed by atoms with E-state index in [1.165, 1.54) is 19.3 Å². The zero-order valence-electron chi connectivity index (χ0n) is 12.4. The maximum Gasteiger partial charge on any atom is 0.311 e. The summed E-state index contributed by atoms with van der Waals surface area (Å²) < 4.78 is 11.6. The largest absolute Gasteiger partial charge is 0.436 e. The minimum absolute atomic E-state index is 0.0375. The lowest BCUT2D eigenvalue weighted by atomic mass is 9.94. The van der Waals surface area contributed by atoms with Gasteiger partial charge < -0.3 is 9.47 Å². The second-order valence-corrected chi connectivity index (χ2v) is 6.56. The van der Waals surface area contributed by atoms with Gasteiger partial charge in [0.15, 0.2) is 0 Å². The summed E-state index contributed by atoms with van der Waals surface area (Å²) in [6.45, 7) is 2.03. The van der Waals surface area contributed by atoms with Crippen LogP contribution in [0.25, 0.3) is 0 Å². The first kappa shape index (κ1) is 14.1. The normalized spacial score (nSPS) is 34.4. The van der Waals surface area contributed by atoms with Crippen LogP contribution in [0, 0.1) is 17.8 Å². The highest BCUT2D eigenvalue weighted by Gasteiger charge is 2.41. The maximum absolute atomic E-state index is 12.3. The van der Waals surface area contributed by atoms with Crippen molar-refractivity contribution in [2.24, 2.45) is 17.8 Å². The van der Waals surface area contributed by atoms with Gasteiger partial charge in [0.2, 0.25) is 6.29 Å². The van der Waals surface area contributed by atoms with Crippen molar-refractivity contribution in [2.75, 3.05) is 0 Å². The Morgan fingerprint density at radius 2 is 2.00 bits per heavy atom. The van der Waals surface area contributed by atoms with Gasteiger partial charge in [0.1, 0.15) is 0 Å². The number of esters is 1. The molecule has 0 aromatic heterocycles. The third-order valence-electron chi connectivity index (χ3n) is 5.06. The first-order valence-corrected chi connectivity index (χ1v) is 8.30.